The summed E-state index contributed by atoms with van der Waals surface area (Å²) in [5, 5.41) is 50.4. The average Bonchev–Trinajstić information content (AvgIpc) is 3.24. The van der Waals surface area contributed by atoms with Gasteiger partial charge in [0.2, 0.25) is 5.91 Å². The lowest BCUT2D eigenvalue weighted by atomic mass is 9.50. The number of halogens is 3. The van der Waals surface area contributed by atoms with Gasteiger partial charge < -0.3 is 45.2 Å². The molecule has 0 unspecified atom stereocenters. The van der Waals surface area contributed by atoms with Crippen LogP contribution < -0.4 is 10.1 Å². The molecule has 1 saturated heterocycles. The fourth-order valence-electron chi connectivity index (χ4n) is 6.27. The molecule has 42 heavy (non-hydrogen) atoms. The van der Waals surface area contributed by atoms with Crippen molar-refractivity contribution in [2.45, 2.75) is 74.1 Å². The molecule has 1 aromatic carbocycles. The van der Waals surface area contributed by atoms with Gasteiger partial charge in [0, 0.05) is 18.0 Å². The highest BCUT2D eigenvalue weighted by atomic mass is 19.4. The van der Waals surface area contributed by atoms with Crippen molar-refractivity contribution in [2.24, 2.45) is 0 Å². The third-order valence-electron chi connectivity index (χ3n) is 8.20. The number of phenols is 1. The molecule has 13 nitrogen and oxygen atoms in total. The van der Waals surface area contributed by atoms with Gasteiger partial charge in [0.15, 0.2) is 17.6 Å². The van der Waals surface area contributed by atoms with Crippen LogP contribution in [0.15, 0.2) is 24.0 Å². The summed E-state index contributed by atoms with van der Waals surface area (Å²) in [5.41, 5.74) is -0.385. The molecule has 6 atom stereocenters. The number of nitrogens with one attached hydrogen (secondary N) is 1. The number of aliphatic hydroxyl groups excluding tert-OH is 1. The van der Waals surface area contributed by atoms with Crippen LogP contribution in [0.2, 0.25) is 0 Å². The molecule has 5 rings (SSSR count). The van der Waals surface area contributed by atoms with Crippen molar-refractivity contribution < 1.29 is 67.4 Å². The smallest absolute Gasteiger partial charge is 0.490 e. The van der Waals surface area contributed by atoms with Crippen LogP contribution >= 0.6 is 0 Å². The number of piperidine rings is 1. The summed E-state index contributed by atoms with van der Waals surface area (Å²) < 4.78 is 43.6. The molecule has 2 heterocycles. The minimum atomic E-state index is -5.08. The number of carboxylic acids is 2. The summed E-state index contributed by atoms with van der Waals surface area (Å²) in [7, 11) is 1.97. The van der Waals surface area contributed by atoms with Crippen LogP contribution in [0, 0.1) is 0 Å². The Bertz CT molecular complexity index is 1350. The third-order valence-corrected chi connectivity index (χ3v) is 8.20. The number of rotatable bonds is 6. The van der Waals surface area contributed by atoms with Crippen molar-refractivity contribution in [3.63, 3.8) is 0 Å². The van der Waals surface area contributed by atoms with Gasteiger partial charge in [-0.25, -0.2) is 9.59 Å². The summed E-state index contributed by atoms with van der Waals surface area (Å²) in [5.74, 6) is -5.54. The van der Waals surface area contributed by atoms with E-state index in [4.69, 9.17) is 24.5 Å². The zero-order valence-electron chi connectivity index (χ0n) is 22.3. The monoisotopic (exact) mass is 602 g/mol. The average molecular weight is 603 g/mol. The fraction of sp³-hybridized carbons (Fsp3) is 0.538. The number of likely N-dealkylation sites (tertiary alicyclic amines) is 1. The number of alkyl halides is 3. The highest BCUT2D eigenvalue weighted by Gasteiger charge is 2.72. The van der Waals surface area contributed by atoms with E-state index in [1.54, 1.807) is 12.1 Å². The van der Waals surface area contributed by atoms with E-state index < -0.39 is 65.7 Å². The minimum Gasteiger partial charge on any atom is -0.504 e. The molecule has 0 aromatic heterocycles. The van der Waals surface area contributed by atoms with E-state index in [0.29, 0.717) is 19.4 Å². The van der Waals surface area contributed by atoms with Crippen molar-refractivity contribution in [2.75, 3.05) is 13.6 Å². The van der Waals surface area contributed by atoms with Crippen LogP contribution in [0.5, 0.6) is 11.5 Å². The zero-order chi connectivity index (χ0) is 31.4. The van der Waals surface area contributed by atoms with Gasteiger partial charge in [-0.05, 0) is 51.1 Å². The number of nitrogens with zero attached hydrogens (tertiary/aromatic N) is 1. The molecule has 6 N–H and O–H groups in total. The second-order valence-electron chi connectivity index (χ2n) is 10.7. The molecule has 1 amide bonds. The zero-order valence-corrected chi connectivity index (χ0v) is 22.3. The number of amides is 1. The number of ether oxygens (including phenoxy) is 2. The van der Waals surface area contributed by atoms with Crippen molar-refractivity contribution in [1.29, 1.82) is 0 Å². The van der Waals surface area contributed by atoms with E-state index in [-0.39, 0.29) is 29.7 Å². The molecule has 1 spiro atoms. The highest BCUT2D eigenvalue weighted by Crippen LogP contribution is 2.65. The molecular formula is C26H29F3N2O11. The molecular weight excluding hydrogens is 573 g/mol. The van der Waals surface area contributed by atoms with Gasteiger partial charge in [0.1, 0.15) is 17.9 Å². The molecule has 2 bridgehead atoms. The van der Waals surface area contributed by atoms with Crippen LogP contribution in [0.25, 0.3) is 0 Å². The quantitative estimate of drug-likeness (QED) is 0.242. The number of phenolic OH excluding ortho intramolecular Hbond substituents is 1. The Balaban J connectivity index is 0.000000517. The summed E-state index contributed by atoms with van der Waals surface area (Å²) in [6.45, 7) is 2.03. The van der Waals surface area contributed by atoms with Gasteiger partial charge >= 0.3 is 24.1 Å². The van der Waals surface area contributed by atoms with Crippen molar-refractivity contribution in [3.8, 4) is 11.5 Å². The summed E-state index contributed by atoms with van der Waals surface area (Å²) in [6.07, 6.45) is -5.60. The van der Waals surface area contributed by atoms with Crippen molar-refractivity contribution >= 4 is 23.8 Å². The van der Waals surface area contributed by atoms with Gasteiger partial charge in [0.25, 0.3) is 0 Å². The first-order valence-electron chi connectivity index (χ1n) is 12.8. The SMILES string of the molecule is C[C@H](NC(=O)[C@@H](O)CC(=O)O)C(=O)OC1=CC[C@@]2(O)[C@H]3Cc4ccc(O)c5c4[C@@]2(CCN3C)[C@H]1O5.O=C(O)C(F)(F)F. The molecule has 2 aliphatic heterocycles. The molecule has 1 fully saturated rings. The number of carboxylic acid groups (broad SMARTS) is 2. The number of hydrogen-bond donors (Lipinski definition) is 6. The Morgan fingerprint density at radius 3 is 2.48 bits per heavy atom. The lowest BCUT2D eigenvalue weighted by Gasteiger charge is -2.61. The van der Waals surface area contributed by atoms with E-state index in [1.165, 1.54) is 6.92 Å². The Morgan fingerprint density at radius 2 is 1.88 bits per heavy atom. The predicted molar refractivity (Wildman–Crippen MR) is 132 cm³/mol. The van der Waals surface area contributed by atoms with E-state index >= 15 is 0 Å². The van der Waals surface area contributed by atoms with Crippen LogP contribution in [-0.2, 0) is 35.8 Å². The minimum absolute atomic E-state index is 0.0500. The normalized spacial score (nSPS) is 28.5. The lowest BCUT2D eigenvalue weighted by Crippen LogP contribution is -2.74. The van der Waals surface area contributed by atoms with Gasteiger partial charge in [-0.15, -0.1) is 0 Å². The van der Waals surface area contributed by atoms with Gasteiger partial charge in [-0.1, -0.05) is 6.07 Å². The summed E-state index contributed by atoms with van der Waals surface area (Å²) in [6, 6.07) is 2.04. The number of carbonyl (C=O) groups is 4. The number of aromatic hydroxyl groups is 1. The molecule has 230 valence electrons. The molecule has 1 aromatic rings. The van der Waals surface area contributed by atoms with E-state index in [1.807, 2.05) is 13.1 Å². The van der Waals surface area contributed by atoms with Crippen LogP contribution in [0.4, 0.5) is 13.2 Å². The van der Waals surface area contributed by atoms with Crippen LogP contribution in [-0.4, -0.2) is 104 Å². The first-order valence-corrected chi connectivity index (χ1v) is 12.8. The van der Waals surface area contributed by atoms with Crippen molar-refractivity contribution in [1.82, 2.24) is 10.2 Å². The van der Waals surface area contributed by atoms with E-state index in [0.717, 1.165) is 11.1 Å². The number of hydrogen-bond acceptors (Lipinski definition) is 10. The Labute approximate surface area is 236 Å². The number of carbonyl (C=O) groups excluding carboxylic acids is 2. The number of aliphatic carboxylic acids is 2. The highest BCUT2D eigenvalue weighted by molar-refractivity contribution is 5.89. The lowest BCUT2D eigenvalue weighted by molar-refractivity contribution is -0.192. The molecule has 0 radical (unpaired) electrons. The van der Waals surface area contributed by atoms with Gasteiger partial charge in [-0.3, -0.25) is 9.59 Å². The number of benzene rings is 1. The topological polar surface area (TPSA) is 203 Å². The second kappa shape index (κ2) is 10.7. The number of esters is 1. The maximum Gasteiger partial charge on any atom is 0.490 e. The van der Waals surface area contributed by atoms with Gasteiger partial charge in [-0.2, -0.15) is 13.2 Å². The second-order valence-corrected chi connectivity index (χ2v) is 10.7. The van der Waals surface area contributed by atoms with Crippen molar-refractivity contribution in [3.05, 3.63) is 35.1 Å². The van der Waals surface area contributed by atoms with E-state index in [9.17, 15) is 42.9 Å². The molecule has 2 aliphatic carbocycles. The Kier molecular flexibility index (Phi) is 7.94. The van der Waals surface area contributed by atoms with Crippen LogP contribution in [0.1, 0.15) is 37.3 Å². The van der Waals surface area contributed by atoms with E-state index in [2.05, 4.69) is 10.2 Å². The largest absolute Gasteiger partial charge is 0.504 e. The summed E-state index contributed by atoms with van der Waals surface area (Å²) in [4.78, 5) is 46.6. The first-order chi connectivity index (χ1) is 19.4. The predicted octanol–water partition coefficient (Wildman–Crippen LogP) is 0.187. The van der Waals surface area contributed by atoms with Crippen LogP contribution in [0.3, 0.4) is 0 Å². The first kappa shape index (κ1) is 31.1. The standard InChI is InChI=1S/C24H28N2O9.C2HF3O2/c1-11(25-21(31)14(28)10-17(29)30)22(32)34-15-5-6-24(33)16-9-12-3-4-13(27)19-18(12)23(24,20(15)35-19)7-8-26(16)2;3-2(4,5)1(6)7/h3-5,11,14,16,20,27-28,33H,6-10H2,1-2H3,(H,25,31)(H,29,30);(H,6,7)/t11-,14-,16+,20-,23-,24+;/m0./s1. The Morgan fingerprint density at radius 1 is 1.24 bits per heavy atom. The number of likely N-dealkylation sites (N-methyl/N-ethyl adjacent to an activating group) is 1. The third kappa shape index (κ3) is 5.03. The fourth-order valence-corrected chi connectivity index (χ4v) is 6.27. The van der Waals surface area contributed by atoms with Gasteiger partial charge in [0.05, 0.1) is 17.4 Å². The maximum atomic E-state index is 12.8. The maximum absolute atomic E-state index is 12.8. The molecule has 0 saturated carbocycles. The molecule has 4 aliphatic rings. The molecule has 16 heteroatoms. The Hall–Kier alpha value is -3.89. The summed E-state index contributed by atoms with van der Waals surface area (Å²) >= 11 is 0. The number of aliphatic hydroxyl groups is 2.